The molecule has 1 aliphatic rings. The molecular formula is C21H24N2O4. The number of amides is 2. The van der Waals surface area contributed by atoms with Gasteiger partial charge in [-0.3, -0.25) is 9.59 Å². The van der Waals surface area contributed by atoms with Gasteiger partial charge in [-0.25, -0.2) is 0 Å². The van der Waals surface area contributed by atoms with E-state index in [-0.39, 0.29) is 11.8 Å². The molecule has 3 rings (SSSR count). The highest BCUT2D eigenvalue weighted by Crippen LogP contribution is 2.46. The Bertz CT molecular complexity index is 730. The normalized spacial score (nSPS) is 14.1. The van der Waals surface area contributed by atoms with Crippen molar-refractivity contribution in [3.63, 3.8) is 0 Å². The SMILES string of the molecule is COc1ccc(CNC(=O)C2(C(=O)NCc3ccc(OC)cc3)CC2)cc1. The van der Waals surface area contributed by atoms with Crippen molar-refractivity contribution in [1.29, 1.82) is 0 Å². The zero-order chi connectivity index (χ0) is 19.3. The van der Waals surface area contributed by atoms with Gasteiger partial charge in [0.2, 0.25) is 11.8 Å². The summed E-state index contributed by atoms with van der Waals surface area (Å²) in [5.41, 5.74) is 0.982. The molecule has 6 heteroatoms. The highest BCUT2D eigenvalue weighted by Gasteiger charge is 2.56. The molecule has 27 heavy (non-hydrogen) atoms. The van der Waals surface area contributed by atoms with Crippen LogP contribution in [0.2, 0.25) is 0 Å². The fraction of sp³-hybridized carbons (Fsp3) is 0.333. The number of rotatable bonds is 8. The lowest BCUT2D eigenvalue weighted by molar-refractivity contribution is -0.137. The number of carbonyl (C=O) groups is 2. The van der Waals surface area contributed by atoms with Gasteiger partial charge in [0, 0.05) is 13.1 Å². The maximum Gasteiger partial charge on any atom is 0.235 e. The molecule has 2 amide bonds. The second-order valence-electron chi connectivity index (χ2n) is 6.64. The van der Waals surface area contributed by atoms with E-state index < -0.39 is 5.41 Å². The van der Waals surface area contributed by atoms with Crippen molar-refractivity contribution in [3.8, 4) is 11.5 Å². The minimum atomic E-state index is -0.932. The molecule has 0 aliphatic heterocycles. The van der Waals surface area contributed by atoms with Crippen LogP contribution in [0, 0.1) is 5.41 Å². The van der Waals surface area contributed by atoms with Crippen LogP contribution in [0.3, 0.4) is 0 Å². The average molecular weight is 368 g/mol. The molecule has 6 nitrogen and oxygen atoms in total. The molecule has 2 aromatic rings. The van der Waals surface area contributed by atoms with Crippen LogP contribution in [-0.4, -0.2) is 26.0 Å². The quantitative estimate of drug-likeness (QED) is 0.702. The monoisotopic (exact) mass is 368 g/mol. The van der Waals surface area contributed by atoms with E-state index in [4.69, 9.17) is 9.47 Å². The standard InChI is InChI=1S/C21H24N2O4/c1-26-17-7-3-15(4-8-17)13-22-19(24)21(11-12-21)20(25)23-14-16-5-9-18(27-2)10-6-16/h3-10H,11-14H2,1-2H3,(H,22,24)(H,23,25). The number of nitrogens with one attached hydrogen (secondary N) is 2. The van der Waals surface area contributed by atoms with E-state index in [0.29, 0.717) is 25.9 Å². The summed E-state index contributed by atoms with van der Waals surface area (Å²) in [5.74, 6) is 1.10. The Morgan fingerprint density at radius 2 is 1.15 bits per heavy atom. The molecule has 142 valence electrons. The van der Waals surface area contributed by atoms with E-state index in [9.17, 15) is 9.59 Å². The van der Waals surface area contributed by atoms with Crippen molar-refractivity contribution in [3.05, 3.63) is 59.7 Å². The lowest BCUT2D eigenvalue weighted by Crippen LogP contribution is -2.42. The summed E-state index contributed by atoms with van der Waals surface area (Å²) in [6.07, 6.45) is 1.16. The van der Waals surface area contributed by atoms with Gasteiger partial charge in [-0.2, -0.15) is 0 Å². The maximum atomic E-state index is 12.5. The fourth-order valence-corrected chi connectivity index (χ4v) is 2.87. The lowest BCUT2D eigenvalue weighted by Gasteiger charge is -2.16. The van der Waals surface area contributed by atoms with E-state index in [1.807, 2.05) is 48.5 Å². The number of hydrogen-bond acceptors (Lipinski definition) is 4. The molecule has 2 aromatic carbocycles. The van der Waals surface area contributed by atoms with Gasteiger partial charge in [0.05, 0.1) is 14.2 Å². The number of carbonyl (C=O) groups excluding carboxylic acids is 2. The first kappa shape index (κ1) is 18.8. The summed E-state index contributed by atoms with van der Waals surface area (Å²) in [4.78, 5) is 25.1. The maximum absolute atomic E-state index is 12.5. The minimum Gasteiger partial charge on any atom is -0.497 e. The first-order chi connectivity index (χ1) is 13.1. The Labute approximate surface area is 158 Å². The third-order valence-electron chi connectivity index (χ3n) is 4.84. The van der Waals surface area contributed by atoms with E-state index in [0.717, 1.165) is 22.6 Å². The smallest absolute Gasteiger partial charge is 0.235 e. The molecule has 0 bridgehead atoms. The number of hydrogen-bond donors (Lipinski definition) is 2. The van der Waals surface area contributed by atoms with Crippen LogP contribution in [0.25, 0.3) is 0 Å². The van der Waals surface area contributed by atoms with Gasteiger partial charge in [0.25, 0.3) is 0 Å². The molecule has 0 heterocycles. The van der Waals surface area contributed by atoms with Crippen molar-refractivity contribution in [2.24, 2.45) is 5.41 Å². The van der Waals surface area contributed by atoms with E-state index in [2.05, 4.69) is 10.6 Å². The van der Waals surface area contributed by atoms with Gasteiger partial charge in [-0.15, -0.1) is 0 Å². The predicted octanol–water partition coefficient (Wildman–Crippen LogP) is 2.42. The number of methoxy groups -OCH3 is 2. The number of benzene rings is 2. The molecule has 0 spiro atoms. The highest BCUT2D eigenvalue weighted by atomic mass is 16.5. The highest BCUT2D eigenvalue weighted by molar-refractivity contribution is 6.07. The molecule has 1 saturated carbocycles. The second kappa shape index (κ2) is 8.12. The second-order valence-corrected chi connectivity index (χ2v) is 6.64. The van der Waals surface area contributed by atoms with Crippen molar-refractivity contribution in [1.82, 2.24) is 10.6 Å². The van der Waals surface area contributed by atoms with Gasteiger partial charge >= 0.3 is 0 Å². The zero-order valence-electron chi connectivity index (χ0n) is 15.6. The molecule has 1 aliphatic carbocycles. The fourth-order valence-electron chi connectivity index (χ4n) is 2.87. The van der Waals surface area contributed by atoms with Crippen LogP contribution in [-0.2, 0) is 22.7 Å². The first-order valence-electron chi connectivity index (χ1n) is 8.90. The average Bonchev–Trinajstić information content (AvgIpc) is 3.53. The Morgan fingerprint density at radius 1 is 0.778 bits per heavy atom. The summed E-state index contributed by atoms with van der Waals surface area (Å²) >= 11 is 0. The zero-order valence-corrected chi connectivity index (χ0v) is 15.6. The first-order valence-corrected chi connectivity index (χ1v) is 8.90. The van der Waals surface area contributed by atoms with Gasteiger partial charge in [0.15, 0.2) is 0 Å². The molecular weight excluding hydrogens is 344 g/mol. The van der Waals surface area contributed by atoms with Crippen LogP contribution in [0.4, 0.5) is 0 Å². The Balaban J connectivity index is 1.51. The van der Waals surface area contributed by atoms with Crippen LogP contribution >= 0.6 is 0 Å². The van der Waals surface area contributed by atoms with Crippen molar-refractivity contribution in [2.75, 3.05) is 14.2 Å². The number of ether oxygens (including phenoxy) is 2. The Hall–Kier alpha value is -3.02. The predicted molar refractivity (Wildman–Crippen MR) is 101 cm³/mol. The molecule has 0 unspecified atom stereocenters. The van der Waals surface area contributed by atoms with Crippen LogP contribution in [0.1, 0.15) is 24.0 Å². The molecule has 1 fully saturated rings. The van der Waals surface area contributed by atoms with E-state index in [1.54, 1.807) is 14.2 Å². The third-order valence-corrected chi connectivity index (χ3v) is 4.84. The summed E-state index contributed by atoms with van der Waals surface area (Å²) in [5, 5.41) is 5.75. The summed E-state index contributed by atoms with van der Waals surface area (Å²) < 4.78 is 10.2. The largest absolute Gasteiger partial charge is 0.497 e. The molecule has 0 atom stereocenters. The van der Waals surface area contributed by atoms with Gasteiger partial charge in [-0.1, -0.05) is 24.3 Å². The Kier molecular flexibility index (Phi) is 5.64. The topological polar surface area (TPSA) is 76.7 Å². The third kappa shape index (κ3) is 4.39. The van der Waals surface area contributed by atoms with Crippen molar-refractivity contribution < 1.29 is 19.1 Å². The van der Waals surface area contributed by atoms with E-state index in [1.165, 1.54) is 0 Å². The summed E-state index contributed by atoms with van der Waals surface area (Å²) in [6.45, 7) is 0.771. The van der Waals surface area contributed by atoms with Crippen molar-refractivity contribution in [2.45, 2.75) is 25.9 Å². The van der Waals surface area contributed by atoms with Gasteiger partial charge in [0.1, 0.15) is 16.9 Å². The van der Waals surface area contributed by atoms with Crippen LogP contribution < -0.4 is 20.1 Å². The molecule has 0 radical (unpaired) electrons. The van der Waals surface area contributed by atoms with Crippen LogP contribution in [0.5, 0.6) is 11.5 Å². The van der Waals surface area contributed by atoms with Crippen LogP contribution in [0.15, 0.2) is 48.5 Å². The van der Waals surface area contributed by atoms with E-state index >= 15 is 0 Å². The van der Waals surface area contributed by atoms with Crippen molar-refractivity contribution >= 4 is 11.8 Å². The van der Waals surface area contributed by atoms with Gasteiger partial charge in [-0.05, 0) is 48.2 Å². The lowest BCUT2D eigenvalue weighted by atomic mass is 10.0. The van der Waals surface area contributed by atoms with Gasteiger partial charge < -0.3 is 20.1 Å². The summed E-state index contributed by atoms with van der Waals surface area (Å²) in [6, 6.07) is 14.9. The minimum absolute atomic E-state index is 0.217. The molecule has 0 aromatic heterocycles. The summed E-state index contributed by atoms with van der Waals surface area (Å²) in [7, 11) is 3.22. The Morgan fingerprint density at radius 3 is 1.44 bits per heavy atom. The molecule has 2 N–H and O–H groups in total. The molecule has 0 saturated heterocycles.